The Balaban J connectivity index is 1.60. The number of nitrogens with zero attached hydrogens (tertiary/aromatic N) is 2. The lowest BCUT2D eigenvalue weighted by atomic mass is 10.2. The van der Waals surface area contributed by atoms with Crippen molar-refractivity contribution in [3.05, 3.63) is 46.5 Å². The number of nitrogens with one attached hydrogen (secondary N) is 1. The van der Waals surface area contributed by atoms with E-state index in [-0.39, 0.29) is 17.1 Å². The molecule has 1 saturated heterocycles. The van der Waals surface area contributed by atoms with Crippen LogP contribution in [-0.4, -0.2) is 55.0 Å². The summed E-state index contributed by atoms with van der Waals surface area (Å²) in [5.74, 6) is 1.64. The summed E-state index contributed by atoms with van der Waals surface area (Å²) in [5, 5.41) is 0. The predicted molar refractivity (Wildman–Crippen MR) is 106 cm³/mol. The molecule has 0 amide bonds. The second-order valence-corrected chi connectivity index (χ2v) is 9.85. The highest BCUT2D eigenvalue weighted by Gasteiger charge is 2.22. The minimum absolute atomic E-state index is 0.152. The van der Waals surface area contributed by atoms with Gasteiger partial charge in [-0.25, -0.2) is 13.4 Å². The molecular weight excluding hydrogens is 386 g/mol. The molecular formula is C18H19N3O4S2. The number of thiophene rings is 1. The van der Waals surface area contributed by atoms with Gasteiger partial charge in [0.15, 0.2) is 9.84 Å². The zero-order valence-corrected chi connectivity index (χ0v) is 16.4. The van der Waals surface area contributed by atoms with Crippen LogP contribution in [0.2, 0.25) is 0 Å². The number of H-pyrrole nitrogens is 1. The van der Waals surface area contributed by atoms with E-state index in [1.165, 1.54) is 11.3 Å². The van der Waals surface area contributed by atoms with E-state index < -0.39 is 9.84 Å². The highest BCUT2D eigenvalue weighted by atomic mass is 32.2. The van der Waals surface area contributed by atoms with Crippen LogP contribution in [0.3, 0.4) is 0 Å². The maximum absolute atomic E-state index is 12.5. The van der Waals surface area contributed by atoms with E-state index in [0.717, 1.165) is 16.2 Å². The molecule has 3 heterocycles. The van der Waals surface area contributed by atoms with E-state index in [4.69, 9.17) is 4.74 Å². The predicted octanol–water partition coefficient (Wildman–Crippen LogP) is 1.89. The molecule has 0 radical (unpaired) electrons. The van der Waals surface area contributed by atoms with E-state index in [1.807, 2.05) is 35.2 Å². The number of hydrogen-bond acceptors (Lipinski definition) is 7. The van der Waals surface area contributed by atoms with Crippen molar-refractivity contribution in [1.82, 2.24) is 14.9 Å². The SMILES string of the molecule is COc1ccc(-c2cc3nc(CN4CCS(=O)(=O)CC4)[nH]c(=O)c3s2)cc1. The number of methoxy groups -OCH3 is 1. The van der Waals surface area contributed by atoms with E-state index in [0.29, 0.717) is 35.7 Å². The Hall–Kier alpha value is -2.23. The molecule has 3 aromatic rings. The van der Waals surface area contributed by atoms with Gasteiger partial charge in [-0.2, -0.15) is 0 Å². The average molecular weight is 406 g/mol. The molecule has 27 heavy (non-hydrogen) atoms. The van der Waals surface area contributed by atoms with Crippen molar-refractivity contribution in [2.75, 3.05) is 31.7 Å². The number of sulfone groups is 1. The van der Waals surface area contributed by atoms with Crippen LogP contribution in [0.15, 0.2) is 35.1 Å². The lowest BCUT2D eigenvalue weighted by molar-refractivity contribution is 0.280. The highest BCUT2D eigenvalue weighted by molar-refractivity contribution is 7.91. The van der Waals surface area contributed by atoms with Crippen LogP contribution in [0, 0.1) is 0 Å². The number of fused-ring (bicyclic) bond motifs is 1. The number of aromatic amines is 1. The summed E-state index contributed by atoms with van der Waals surface area (Å²) in [7, 11) is -1.30. The summed E-state index contributed by atoms with van der Waals surface area (Å²) in [4.78, 5) is 22.9. The van der Waals surface area contributed by atoms with Gasteiger partial charge in [0.1, 0.15) is 16.3 Å². The van der Waals surface area contributed by atoms with Crippen molar-refractivity contribution in [3.8, 4) is 16.2 Å². The first-order valence-corrected chi connectivity index (χ1v) is 11.2. The van der Waals surface area contributed by atoms with Crippen LogP contribution in [-0.2, 0) is 16.4 Å². The zero-order valence-electron chi connectivity index (χ0n) is 14.8. The fraction of sp³-hybridized carbons (Fsp3) is 0.333. The van der Waals surface area contributed by atoms with Crippen LogP contribution < -0.4 is 10.3 Å². The van der Waals surface area contributed by atoms with Crippen LogP contribution in [0.1, 0.15) is 5.82 Å². The smallest absolute Gasteiger partial charge is 0.268 e. The molecule has 1 N–H and O–H groups in total. The molecule has 0 bridgehead atoms. The van der Waals surface area contributed by atoms with E-state index >= 15 is 0 Å². The van der Waals surface area contributed by atoms with Crippen LogP contribution >= 0.6 is 11.3 Å². The van der Waals surface area contributed by atoms with E-state index in [1.54, 1.807) is 7.11 Å². The van der Waals surface area contributed by atoms with Crippen molar-refractivity contribution in [1.29, 1.82) is 0 Å². The number of rotatable bonds is 4. The second kappa shape index (κ2) is 7.06. The van der Waals surface area contributed by atoms with Gasteiger partial charge < -0.3 is 9.72 Å². The molecule has 2 aromatic heterocycles. The Kier molecular flexibility index (Phi) is 4.75. The van der Waals surface area contributed by atoms with Crippen molar-refractivity contribution < 1.29 is 13.2 Å². The van der Waals surface area contributed by atoms with Crippen LogP contribution in [0.5, 0.6) is 5.75 Å². The van der Waals surface area contributed by atoms with Gasteiger partial charge in [0.25, 0.3) is 5.56 Å². The van der Waals surface area contributed by atoms with E-state index in [2.05, 4.69) is 9.97 Å². The first-order chi connectivity index (χ1) is 12.9. The first-order valence-electron chi connectivity index (χ1n) is 8.53. The fourth-order valence-electron chi connectivity index (χ4n) is 3.08. The largest absolute Gasteiger partial charge is 0.497 e. The standard InChI is InChI=1S/C18H19N3O4S2/c1-25-13-4-2-12(3-5-13)15-10-14-17(26-15)18(22)20-16(19-14)11-21-6-8-27(23,24)9-7-21/h2-5,10H,6-9,11H2,1H3,(H,19,20,22). The van der Waals surface area contributed by atoms with Gasteiger partial charge in [-0.05, 0) is 35.9 Å². The fourth-order valence-corrected chi connectivity index (χ4v) is 5.36. The summed E-state index contributed by atoms with van der Waals surface area (Å²) in [5.41, 5.74) is 1.50. The lowest BCUT2D eigenvalue weighted by Gasteiger charge is -2.25. The monoisotopic (exact) mass is 405 g/mol. The molecule has 142 valence electrons. The van der Waals surface area contributed by atoms with Gasteiger partial charge in [0.2, 0.25) is 0 Å². The molecule has 1 fully saturated rings. The molecule has 0 atom stereocenters. The molecule has 0 unspecified atom stereocenters. The second-order valence-electron chi connectivity index (χ2n) is 6.49. The quantitative estimate of drug-likeness (QED) is 0.713. The Labute approximate surface area is 160 Å². The normalized spacial score (nSPS) is 17.2. The third-order valence-corrected chi connectivity index (χ3v) is 7.40. The summed E-state index contributed by atoms with van der Waals surface area (Å²) in [6.45, 7) is 1.37. The molecule has 7 nitrogen and oxygen atoms in total. The molecule has 1 aliphatic rings. The van der Waals surface area contributed by atoms with Crippen LogP contribution in [0.4, 0.5) is 0 Å². The van der Waals surface area contributed by atoms with Gasteiger partial charge in [-0.3, -0.25) is 9.69 Å². The average Bonchev–Trinajstić information content (AvgIpc) is 3.08. The Morgan fingerprint density at radius 2 is 1.93 bits per heavy atom. The third kappa shape index (κ3) is 3.90. The molecule has 0 spiro atoms. The molecule has 4 rings (SSSR count). The van der Waals surface area contributed by atoms with Crippen molar-refractivity contribution >= 4 is 31.4 Å². The number of hydrogen-bond donors (Lipinski definition) is 1. The molecule has 9 heteroatoms. The molecule has 0 saturated carbocycles. The summed E-state index contributed by atoms with van der Waals surface area (Å²) in [6.07, 6.45) is 0. The minimum Gasteiger partial charge on any atom is -0.497 e. The first kappa shape index (κ1) is 18.1. The Morgan fingerprint density at radius 1 is 1.22 bits per heavy atom. The molecule has 1 aromatic carbocycles. The Bertz CT molecular complexity index is 1120. The Morgan fingerprint density at radius 3 is 2.59 bits per heavy atom. The maximum atomic E-state index is 12.5. The topological polar surface area (TPSA) is 92.4 Å². The van der Waals surface area contributed by atoms with Gasteiger partial charge in [0.05, 0.1) is 30.7 Å². The minimum atomic E-state index is -2.92. The van der Waals surface area contributed by atoms with Gasteiger partial charge in [-0.1, -0.05) is 0 Å². The van der Waals surface area contributed by atoms with Gasteiger partial charge in [-0.15, -0.1) is 11.3 Å². The summed E-state index contributed by atoms with van der Waals surface area (Å²) in [6, 6.07) is 9.58. The van der Waals surface area contributed by atoms with Crippen LogP contribution in [0.25, 0.3) is 20.7 Å². The number of benzene rings is 1. The third-order valence-electron chi connectivity index (χ3n) is 4.62. The van der Waals surface area contributed by atoms with Crippen molar-refractivity contribution in [2.45, 2.75) is 6.54 Å². The maximum Gasteiger partial charge on any atom is 0.268 e. The van der Waals surface area contributed by atoms with Crippen molar-refractivity contribution in [2.24, 2.45) is 0 Å². The van der Waals surface area contributed by atoms with Crippen molar-refractivity contribution in [3.63, 3.8) is 0 Å². The van der Waals surface area contributed by atoms with Gasteiger partial charge in [0, 0.05) is 18.0 Å². The lowest BCUT2D eigenvalue weighted by Crippen LogP contribution is -2.40. The molecule has 1 aliphatic heterocycles. The summed E-state index contributed by atoms with van der Waals surface area (Å²) < 4.78 is 28.9. The van der Waals surface area contributed by atoms with Gasteiger partial charge >= 0.3 is 0 Å². The van der Waals surface area contributed by atoms with E-state index in [9.17, 15) is 13.2 Å². The zero-order chi connectivity index (χ0) is 19.0. The number of aromatic nitrogens is 2. The summed E-state index contributed by atoms with van der Waals surface area (Å²) >= 11 is 1.40. The number of ether oxygens (including phenoxy) is 1. The highest BCUT2D eigenvalue weighted by Crippen LogP contribution is 2.31. The molecule has 0 aliphatic carbocycles.